The van der Waals surface area contributed by atoms with Gasteiger partial charge in [0.25, 0.3) is 0 Å². The van der Waals surface area contributed by atoms with Gasteiger partial charge in [0.05, 0.1) is 7.11 Å². The monoisotopic (exact) mass is 275 g/mol. The quantitative estimate of drug-likeness (QED) is 0.840. The minimum Gasteiger partial charge on any atom is -0.497 e. The van der Waals surface area contributed by atoms with Gasteiger partial charge >= 0.3 is 0 Å². The Hall–Kier alpha value is -1.02. The summed E-state index contributed by atoms with van der Waals surface area (Å²) in [5, 5.41) is 3.58. The standard InChI is InChI=1S/C18H29NO/c1-18(13-5-4-6-14-18)17(19-2)12-9-15-7-10-16(20-3)11-8-15/h7-8,10-11,17,19H,4-6,9,12-14H2,1-3H3. The Morgan fingerprint density at radius 2 is 1.80 bits per heavy atom. The fourth-order valence-corrected chi connectivity index (χ4v) is 3.65. The largest absolute Gasteiger partial charge is 0.497 e. The van der Waals surface area contributed by atoms with Crippen LogP contribution in [0.5, 0.6) is 5.75 Å². The van der Waals surface area contributed by atoms with E-state index in [1.54, 1.807) is 7.11 Å². The van der Waals surface area contributed by atoms with Crippen LogP contribution in [0.2, 0.25) is 0 Å². The second kappa shape index (κ2) is 7.12. The van der Waals surface area contributed by atoms with Gasteiger partial charge < -0.3 is 10.1 Å². The zero-order chi connectivity index (χ0) is 14.4. The van der Waals surface area contributed by atoms with E-state index in [1.807, 2.05) is 0 Å². The third-order valence-corrected chi connectivity index (χ3v) is 5.07. The molecule has 1 aromatic rings. The second-order valence-corrected chi connectivity index (χ2v) is 6.44. The minimum atomic E-state index is 0.486. The van der Waals surface area contributed by atoms with Gasteiger partial charge in [0.15, 0.2) is 0 Å². The Labute approximate surface area is 123 Å². The highest BCUT2D eigenvalue weighted by Gasteiger charge is 2.34. The molecule has 1 aliphatic rings. The first-order valence-electron chi connectivity index (χ1n) is 7.98. The normalized spacial score (nSPS) is 19.6. The van der Waals surface area contributed by atoms with E-state index in [2.05, 4.69) is 43.6 Å². The predicted molar refractivity (Wildman–Crippen MR) is 85.4 cm³/mol. The molecular weight excluding hydrogens is 246 g/mol. The van der Waals surface area contributed by atoms with Crippen LogP contribution in [0.4, 0.5) is 0 Å². The van der Waals surface area contributed by atoms with E-state index < -0.39 is 0 Å². The molecule has 1 saturated carbocycles. The van der Waals surface area contributed by atoms with Gasteiger partial charge in [-0.05, 0) is 55.8 Å². The summed E-state index contributed by atoms with van der Waals surface area (Å²) in [5.74, 6) is 0.943. The van der Waals surface area contributed by atoms with Crippen molar-refractivity contribution in [3.8, 4) is 5.75 Å². The molecule has 0 heterocycles. The van der Waals surface area contributed by atoms with Gasteiger partial charge in [-0.2, -0.15) is 0 Å². The average molecular weight is 275 g/mol. The van der Waals surface area contributed by atoms with Crippen molar-refractivity contribution >= 4 is 0 Å². The van der Waals surface area contributed by atoms with Gasteiger partial charge in [-0.3, -0.25) is 0 Å². The maximum absolute atomic E-state index is 5.21. The lowest BCUT2D eigenvalue weighted by molar-refractivity contribution is 0.143. The smallest absolute Gasteiger partial charge is 0.118 e. The summed E-state index contributed by atoms with van der Waals surface area (Å²) in [5.41, 5.74) is 1.89. The van der Waals surface area contributed by atoms with Gasteiger partial charge in [-0.25, -0.2) is 0 Å². The first kappa shape index (κ1) is 15.4. The molecule has 2 rings (SSSR count). The van der Waals surface area contributed by atoms with E-state index in [0.29, 0.717) is 11.5 Å². The Balaban J connectivity index is 1.92. The number of nitrogens with one attached hydrogen (secondary N) is 1. The number of methoxy groups -OCH3 is 1. The molecule has 2 nitrogen and oxygen atoms in total. The van der Waals surface area contributed by atoms with E-state index >= 15 is 0 Å². The third-order valence-electron chi connectivity index (χ3n) is 5.07. The van der Waals surface area contributed by atoms with Crippen LogP contribution < -0.4 is 10.1 Å². The van der Waals surface area contributed by atoms with Crippen LogP contribution in [0.15, 0.2) is 24.3 Å². The Bertz CT molecular complexity index is 392. The van der Waals surface area contributed by atoms with Crippen LogP contribution in [0, 0.1) is 5.41 Å². The van der Waals surface area contributed by atoms with Gasteiger partial charge in [-0.1, -0.05) is 38.3 Å². The summed E-state index contributed by atoms with van der Waals surface area (Å²) >= 11 is 0. The van der Waals surface area contributed by atoms with Gasteiger partial charge in [-0.15, -0.1) is 0 Å². The van der Waals surface area contributed by atoms with Crippen molar-refractivity contribution in [1.82, 2.24) is 5.32 Å². The van der Waals surface area contributed by atoms with E-state index in [1.165, 1.54) is 44.1 Å². The van der Waals surface area contributed by atoms with Crippen LogP contribution in [0.25, 0.3) is 0 Å². The lowest BCUT2D eigenvalue weighted by Gasteiger charge is -2.41. The molecule has 1 atom stereocenters. The lowest BCUT2D eigenvalue weighted by Crippen LogP contribution is -2.43. The van der Waals surface area contributed by atoms with Crippen LogP contribution in [-0.2, 0) is 6.42 Å². The fraction of sp³-hybridized carbons (Fsp3) is 0.667. The molecule has 0 bridgehead atoms. The van der Waals surface area contributed by atoms with Gasteiger partial charge in [0, 0.05) is 6.04 Å². The summed E-state index contributed by atoms with van der Waals surface area (Å²) in [4.78, 5) is 0. The van der Waals surface area contributed by atoms with Crippen molar-refractivity contribution in [2.75, 3.05) is 14.2 Å². The average Bonchev–Trinajstić information content (AvgIpc) is 2.49. The highest BCUT2D eigenvalue weighted by molar-refractivity contribution is 5.27. The molecule has 1 aliphatic carbocycles. The lowest BCUT2D eigenvalue weighted by atomic mass is 9.69. The molecule has 20 heavy (non-hydrogen) atoms. The highest BCUT2D eigenvalue weighted by Crippen LogP contribution is 2.40. The zero-order valence-electron chi connectivity index (χ0n) is 13.2. The highest BCUT2D eigenvalue weighted by atomic mass is 16.5. The Morgan fingerprint density at radius 3 is 2.35 bits per heavy atom. The number of benzene rings is 1. The van der Waals surface area contributed by atoms with Gasteiger partial charge in [0.1, 0.15) is 5.75 Å². The second-order valence-electron chi connectivity index (χ2n) is 6.44. The van der Waals surface area contributed by atoms with Crippen molar-refractivity contribution in [2.45, 2.75) is 57.9 Å². The van der Waals surface area contributed by atoms with E-state index in [-0.39, 0.29) is 0 Å². The number of hydrogen-bond acceptors (Lipinski definition) is 2. The fourth-order valence-electron chi connectivity index (χ4n) is 3.65. The first-order chi connectivity index (χ1) is 9.68. The number of ether oxygens (including phenoxy) is 1. The maximum Gasteiger partial charge on any atom is 0.118 e. The Morgan fingerprint density at radius 1 is 1.15 bits per heavy atom. The van der Waals surface area contributed by atoms with Crippen LogP contribution in [0.3, 0.4) is 0 Å². The SMILES string of the molecule is CNC(CCc1ccc(OC)cc1)C1(C)CCCCC1. The molecular formula is C18H29NO. The molecule has 0 spiro atoms. The third kappa shape index (κ3) is 3.76. The van der Waals surface area contributed by atoms with Crippen LogP contribution in [-0.4, -0.2) is 20.2 Å². The van der Waals surface area contributed by atoms with E-state index in [0.717, 1.165) is 12.2 Å². The summed E-state index contributed by atoms with van der Waals surface area (Å²) in [6.45, 7) is 2.47. The Kier molecular flexibility index (Phi) is 5.47. The molecule has 0 aliphatic heterocycles. The number of hydrogen-bond donors (Lipinski definition) is 1. The van der Waals surface area contributed by atoms with Gasteiger partial charge in [0.2, 0.25) is 0 Å². The topological polar surface area (TPSA) is 21.3 Å². The molecule has 0 aromatic heterocycles. The van der Waals surface area contributed by atoms with Crippen molar-refractivity contribution in [2.24, 2.45) is 5.41 Å². The molecule has 2 heteroatoms. The van der Waals surface area contributed by atoms with Crippen molar-refractivity contribution in [3.63, 3.8) is 0 Å². The molecule has 1 unspecified atom stereocenters. The molecule has 1 fully saturated rings. The minimum absolute atomic E-state index is 0.486. The van der Waals surface area contributed by atoms with Crippen molar-refractivity contribution < 1.29 is 4.74 Å². The molecule has 112 valence electrons. The van der Waals surface area contributed by atoms with E-state index in [4.69, 9.17) is 4.74 Å². The summed E-state index contributed by atoms with van der Waals surface area (Å²) in [6.07, 6.45) is 9.34. The van der Waals surface area contributed by atoms with Crippen molar-refractivity contribution in [3.05, 3.63) is 29.8 Å². The van der Waals surface area contributed by atoms with E-state index in [9.17, 15) is 0 Å². The van der Waals surface area contributed by atoms with Crippen LogP contribution >= 0.6 is 0 Å². The molecule has 1 N–H and O–H groups in total. The zero-order valence-corrected chi connectivity index (χ0v) is 13.2. The molecule has 0 amide bonds. The molecule has 0 radical (unpaired) electrons. The summed E-state index contributed by atoms with van der Waals surface area (Å²) in [7, 11) is 3.84. The summed E-state index contributed by atoms with van der Waals surface area (Å²) in [6, 6.07) is 9.13. The number of rotatable bonds is 6. The molecule has 0 saturated heterocycles. The first-order valence-corrected chi connectivity index (χ1v) is 7.98. The summed E-state index contributed by atoms with van der Waals surface area (Å²) < 4.78 is 5.21. The number of aryl methyl sites for hydroxylation is 1. The maximum atomic E-state index is 5.21. The predicted octanol–water partition coefficient (Wildman–Crippen LogP) is 4.19. The van der Waals surface area contributed by atoms with Crippen LogP contribution in [0.1, 0.15) is 51.0 Å². The van der Waals surface area contributed by atoms with Crippen molar-refractivity contribution in [1.29, 1.82) is 0 Å². The molecule has 1 aromatic carbocycles.